The summed E-state index contributed by atoms with van der Waals surface area (Å²) in [6, 6.07) is 8.84. The fourth-order valence-corrected chi connectivity index (χ4v) is 3.26. The molecule has 0 radical (unpaired) electrons. The molecule has 1 atom stereocenters. The maximum Gasteiger partial charge on any atom is 0.237 e. The SMILES string of the molecule is C[C@@H](Sc1cc(Cl)ccc1Cl)C(=O)Nc1ccc(F)cc1Cl. The van der Waals surface area contributed by atoms with Crippen LogP contribution in [0.3, 0.4) is 0 Å². The van der Waals surface area contributed by atoms with Gasteiger partial charge in [0.1, 0.15) is 5.82 Å². The van der Waals surface area contributed by atoms with Gasteiger partial charge in [0.05, 0.1) is 21.0 Å². The van der Waals surface area contributed by atoms with E-state index in [4.69, 9.17) is 34.8 Å². The molecule has 0 saturated heterocycles. The zero-order valence-electron chi connectivity index (χ0n) is 11.4. The fourth-order valence-electron chi connectivity index (χ4n) is 1.64. The quantitative estimate of drug-likeness (QED) is 0.671. The molecule has 7 heteroatoms. The number of thioether (sulfide) groups is 1. The number of carbonyl (C=O) groups is 1. The van der Waals surface area contributed by atoms with Crippen LogP contribution in [0.5, 0.6) is 0 Å². The van der Waals surface area contributed by atoms with Crippen molar-refractivity contribution in [3.63, 3.8) is 0 Å². The van der Waals surface area contributed by atoms with Crippen molar-refractivity contribution in [2.45, 2.75) is 17.1 Å². The van der Waals surface area contributed by atoms with E-state index in [1.54, 1.807) is 25.1 Å². The number of amides is 1. The van der Waals surface area contributed by atoms with Gasteiger partial charge in [-0.1, -0.05) is 34.8 Å². The molecule has 0 saturated carbocycles. The van der Waals surface area contributed by atoms with Gasteiger partial charge in [-0.2, -0.15) is 0 Å². The lowest BCUT2D eigenvalue weighted by Crippen LogP contribution is -2.22. The summed E-state index contributed by atoms with van der Waals surface area (Å²) in [5.41, 5.74) is 0.359. The Kier molecular flexibility index (Phi) is 5.98. The largest absolute Gasteiger partial charge is 0.324 e. The Balaban J connectivity index is 2.07. The molecule has 0 unspecified atom stereocenters. The van der Waals surface area contributed by atoms with Crippen LogP contribution in [0.15, 0.2) is 41.3 Å². The van der Waals surface area contributed by atoms with E-state index in [9.17, 15) is 9.18 Å². The van der Waals surface area contributed by atoms with Gasteiger partial charge in [-0.05, 0) is 43.3 Å². The van der Waals surface area contributed by atoms with E-state index in [0.29, 0.717) is 20.6 Å². The normalized spacial score (nSPS) is 12.0. The van der Waals surface area contributed by atoms with Crippen molar-refractivity contribution < 1.29 is 9.18 Å². The molecular formula is C15H11Cl3FNOS. The summed E-state index contributed by atoms with van der Waals surface area (Å²) in [4.78, 5) is 12.9. The summed E-state index contributed by atoms with van der Waals surface area (Å²) in [5.74, 6) is -0.731. The highest BCUT2D eigenvalue weighted by atomic mass is 35.5. The summed E-state index contributed by atoms with van der Waals surface area (Å²) in [7, 11) is 0. The smallest absolute Gasteiger partial charge is 0.237 e. The third-order valence-electron chi connectivity index (χ3n) is 2.76. The third kappa shape index (κ3) is 4.53. The molecule has 22 heavy (non-hydrogen) atoms. The van der Waals surface area contributed by atoms with Crippen molar-refractivity contribution in [2.75, 3.05) is 5.32 Å². The van der Waals surface area contributed by atoms with Gasteiger partial charge in [0.2, 0.25) is 5.91 Å². The van der Waals surface area contributed by atoms with Gasteiger partial charge >= 0.3 is 0 Å². The van der Waals surface area contributed by atoms with E-state index < -0.39 is 11.1 Å². The molecule has 0 heterocycles. The fraction of sp³-hybridized carbons (Fsp3) is 0.133. The lowest BCUT2D eigenvalue weighted by Gasteiger charge is -2.14. The van der Waals surface area contributed by atoms with Crippen LogP contribution in [0, 0.1) is 5.82 Å². The number of nitrogens with one attached hydrogen (secondary N) is 1. The van der Waals surface area contributed by atoms with Crippen molar-refractivity contribution >= 4 is 58.2 Å². The molecule has 2 nitrogen and oxygen atoms in total. The molecular weight excluding hydrogens is 368 g/mol. The lowest BCUT2D eigenvalue weighted by atomic mass is 10.3. The van der Waals surface area contributed by atoms with Gasteiger partial charge in [-0.15, -0.1) is 11.8 Å². The highest BCUT2D eigenvalue weighted by Gasteiger charge is 2.17. The predicted molar refractivity (Wildman–Crippen MR) is 91.8 cm³/mol. The number of hydrogen-bond acceptors (Lipinski definition) is 2. The zero-order chi connectivity index (χ0) is 16.3. The summed E-state index contributed by atoms with van der Waals surface area (Å²) in [6.07, 6.45) is 0. The van der Waals surface area contributed by atoms with Gasteiger partial charge in [0.25, 0.3) is 0 Å². The number of carbonyl (C=O) groups excluding carboxylic acids is 1. The first-order valence-electron chi connectivity index (χ1n) is 6.24. The van der Waals surface area contributed by atoms with Gasteiger partial charge in [-0.3, -0.25) is 4.79 Å². The van der Waals surface area contributed by atoms with Crippen LogP contribution < -0.4 is 5.32 Å². The second-order valence-corrected chi connectivity index (χ2v) is 7.08. The summed E-state index contributed by atoms with van der Waals surface area (Å²) in [5, 5.41) is 3.43. The molecule has 1 N–H and O–H groups in total. The number of anilines is 1. The molecule has 1 amide bonds. The maximum absolute atomic E-state index is 13.0. The Hall–Kier alpha value is -0.940. The van der Waals surface area contributed by atoms with Crippen LogP contribution >= 0.6 is 46.6 Å². The monoisotopic (exact) mass is 377 g/mol. The van der Waals surface area contributed by atoms with Gasteiger partial charge < -0.3 is 5.32 Å². The highest BCUT2D eigenvalue weighted by molar-refractivity contribution is 8.00. The number of rotatable bonds is 4. The van der Waals surface area contributed by atoms with Crippen molar-refractivity contribution in [2.24, 2.45) is 0 Å². The molecule has 2 aromatic carbocycles. The maximum atomic E-state index is 13.0. The van der Waals surface area contributed by atoms with Crippen molar-refractivity contribution in [1.29, 1.82) is 0 Å². The molecule has 0 spiro atoms. The first-order valence-corrected chi connectivity index (χ1v) is 8.26. The van der Waals surface area contributed by atoms with E-state index in [0.717, 1.165) is 6.07 Å². The molecule has 0 aliphatic heterocycles. The molecule has 0 aromatic heterocycles. The minimum Gasteiger partial charge on any atom is -0.324 e. The topological polar surface area (TPSA) is 29.1 Å². The van der Waals surface area contributed by atoms with E-state index in [2.05, 4.69) is 5.32 Å². The summed E-state index contributed by atoms with van der Waals surface area (Å²) in [6.45, 7) is 1.73. The summed E-state index contributed by atoms with van der Waals surface area (Å²) >= 11 is 19.2. The van der Waals surface area contributed by atoms with Crippen molar-refractivity contribution in [3.8, 4) is 0 Å². The third-order valence-corrected chi connectivity index (χ3v) is 4.90. The average Bonchev–Trinajstić information content (AvgIpc) is 2.45. The Labute approximate surface area is 146 Å². The number of hydrogen-bond donors (Lipinski definition) is 1. The van der Waals surface area contributed by atoms with Crippen molar-refractivity contribution in [3.05, 3.63) is 57.3 Å². The second-order valence-electron chi connectivity index (χ2n) is 4.45. The highest BCUT2D eigenvalue weighted by Crippen LogP contribution is 2.33. The van der Waals surface area contributed by atoms with Crippen LogP contribution in [-0.2, 0) is 4.79 Å². The van der Waals surface area contributed by atoms with E-state index in [1.807, 2.05) is 0 Å². The summed E-state index contributed by atoms with van der Waals surface area (Å²) < 4.78 is 13.0. The molecule has 0 aliphatic carbocycles. The Morgan fingerprint density at radius 2 is 1.86 bits per heavy atom. The molecule has 116 valence electrons. The molecule has 2 aromatic rings. The first kappa shape index (κ1) is 17.4. The minimum atomic E-state index is -0.462. The predicted octanol–water partition coefficient (Wildman–Crippen LogP) is 5.91. The number of halogens is 4. The van der Waals surface area contributed by atoms with Gasteiger partial charge in [0, 0.05) is 9.92 Å². The molecule has 2 rings (SSSR count). The van der Waals surface area contributed by atoms with E-state index in [1.165, 1.54) is 23.9 Å². The average molecular weight is 379 g/mol. The Morgan fingerprint density at radius 3 is 2.55 bits per heavy atom. The minimum absolute atomic E-state index is 0.145. The van der Waals surface area contributed by atoms with E-state index in [-0.39, 0.29) is 10.9 Å². The standard InChI is InChI=1S/C15H11Cl3FNOS/c1-8(22-14-6-9(16)2-4-11(14)17)15(21)20-13-5-3-10(19)7-12(13)18/h2-8H,1H3,(H,20,21)/t8-/m1/s1. The van der Waals surface area contributed by atoms with Crippen LogP contribution in [0.1, 0.15) is 6.92 Å². The van der Waals surface area contributed by atoms with Gasteiger partial charge in [-0.25, -0.2) is 4.39 Å². The number of benzene rings is 2. The Morgan fingerprint density at radius 1 is 1.14 bits per heavy atom. The molecule has 0 fully saturated rings. The van der Waals surface area contributed by atoms with Gasteiger partial charge in [0.15, 0.2) is 0 Å². The second kappa shape index (κ2) is 7.55. The molecule has 0 bridgehead atoms. The van der Waals surface area contributed by atoms with Crippen LogP contribution in [0.4, 0.5) is 10.1 Å². The molecule has 0 aliphatic rings. The van der Waals surface area contributed by atoms with Crippen LogP contribution in [0.2, 0.25) is 15.1 Å². The van der Waals surface area contributed by atoms with E-state index >= 15 is 0 Å². The lowest BCUT2D eigenvalue weighted by molar-refractivity contribution is -0.115. The van der Waals surface area contributed by atoms with Crippen LogP contribution in [0.25, 0.3) is 0 Å². The van der Waals surface area contributed by atoms with Crippen LogP contribution in [-0.4, -0.2) is 11.2 Å². The zero-order valence-corrected chi connectivity index (χ0v) is 14.5. The van der Waals surface area contributed by atoms with Crippen molar-refractivity contribution in [1.82, 2.24) is 0 Å². The first-order chi connectivity index (χ1) is 10.4. The Bertz CT molecular complexity index is 711.